The summed E-state index contributed by atoms with van der Waals surface area (Å²) in [6.07, 6.45) is 0.696. The fourth-order valence-electron chi connectivity index (χ4n) is 2.51. The van der Waals surface area contributed by atoms with Gasteiger partial charge >= 0.3 is 0 Å². The summed E-state index contributed by atoms with van der Waals surface area (Å²) in [5.74, 6) is -0.405. The first kappa shape index (κ1) is 15.9. The third-order valence-corrected chi connectivity index (χ3v) is 5.49. The van der Waals surface area contributed by atoms with E-state index >= 15 is 0 Å². The van der Waals surface area contributed by atoms with Gasteiger partial charge in [0.1, 0.15) is 5.82 Å². The summed E-state index contributed by atoms with van der Waals surface area (Å²) in [6, 6.07) is 16.1. The minimum atomic E-state index is -1.40. The Morgan fingerprint density at radius 2 is 1.71 bits per heavy atom. The van der Waals surface area contributed by atoms with Crippen molar-refractivity contribution in [3.8, 4) is 0 Å². The van der Waals surface area contributed by atoms with Gasteiger partial charge in [0, 0.05) is 6.04 Å². The number of rotatable bonds is 6. The molecular weight excluding hydrogens is 285 g/mol. The van der Waals surface area contributed by atoms with E-state index in [0.717, 1.165) is 5.56 Å². The summed E-state index contributed by atoms with van der Waals surface area (Å²) < 4.78 is 26.7. The molecule has 0 radical (unpaired) electrons. The summed E-state index contributed by atoms with van der Waals surface area (Å²) in [4.78, 5) is 0.278. The first-order valence-electron chi connectivity index (χ1n) is 7.06. The fraction of sp³-hybridized carbons (Fsp3) is 0.294. The predicted octanol–water partition coefficient (Wildman–Crippen LogP) is 3.67. The van der Waals surface area contributed by atoms with E-state index in [0.29, 0.717) is 6.42 Å². The van der Waals surface area contributed by atoms with E-state index in [1.807, 2.05) is 44.3 Å². The Labute approximate surface area is 127 Å². The highest BCUT2D eigenvalue weighted by atomic mass is 32.2. The average molecular weight is 305 g/mol. The summed E-state index contributed by atoms with van der Waals surface area (Å²) >= 11 is 0. The van der Waals surface area contributed by atoms with Gasteiger partial charge in [-0.2, -0.15) is 0 Å². The van der Waals surface area contributed by atoms with Gasteiger partial charge < -0.3 is 5.32 Å². The molecule has 112 valence electrons. The van der Waals surface area contributed by atoms with Gasteiger partial charge in [-0.1, -0.05) is 49.4 Å². The van der Waals surface area contributed by atoms with Crippen molar-refractivity contribution in [1.29, 1.82) is 0 Å². The maximum absolute atomic E-state index is 13.9. The molecule has 0 amide bonds. The van der Waals surface area contributed by atoms with Crippen molar-refractivity contribution in [2.45, 2.75) is 29.5 Å². The number of nitrogens with one attached hydrogen (secondary N) is 1. The first-order valence-corrected chi connectivity index (χ1v) is 8.27. The van der Waals surface area contributed by atoms with Gasteiger partial charge in [0.25, 0.3) is 0 Å². The molecule has 21 heavy (non-hydrogen) atoms. The molecule has 3 atom stereocenters. The molecule has 0 fully saturated rings. The maximum Gasteiger partial charge on any atom is 0.139 e. The van der Waals surface area contributed by atoms with Crippen molar-refractivity contribution in [2.75, 3.05) is 7.05 Å². The maximum atomic E-state index is 13.9. The molecule has 0 bridgehead atoms. The zero-order chi connectivity index (χ0) is 15.2. The van der Waals surface area contributed by atoms with Gasteiger partial charge in [-0.05, 0) is 31.2 Å². The molecule has 0 aliphatic rings. The van der Waals surface area contributed by atoms with Crippen molar-refractivity contribution in [3.05, 3.63) is 66.0 Å². The molecule has 0 saturated heterocycles. The summed E-state index contributed by atoms with van der Waals surface area (Å²) in [5.41, 5.74) is 1.07. The molecule has 2 aromatic rings. The monoisotopic (exact) mass is 305 g/mol. The van der Waals surface area contributed by atoms with Crippen molar-refractivity contribution < 1.29 is 8.60 Å². The van der Waals surface area contributed by atoms with Crippen LogP contribution in [-0.4, -0.2) is 16.5 Å². The van der Waals surface area contributed by atoms with Crippen LogP contribution in [0.2, 0.25) is 0 Å². The number of hydrogen-bond acceptors (Lipinski definition) is 2. The second-order valence-corrected chi connectivity index (χ2v) is 6.49. The van der Waals surface area contributed by atoms with Crippen LogP contribution in [0.4, 0.5) is 4.39 Å². The van der Waals surface area contributed by atoms with Crippen LogP contribution in [0, 0.1) is 5.82 Å². The summed E-state index contributed by atoms with van der Waals surface area (Å²) in [7, 11) is 0.445. The molecule has 0 spiro atoms. The van der Waals surface area contributed by atoms with Crippen LogP contribution in [-0.2, 0) is 10.8 Å². The van der Waals surface area contributed by atoms with E-state index in [2.05, 4.69) is 5.32 Å². The zero-order valence-corrected chi connectivity index (χ0v) is 13.1. The van der Waals surface area contributed by atoms with E-state index in [1.54, 1.807) is 18.2 Å². The largest absolute Gasteiger partial charge is 0.312 e. The Balaban J connectivity index is 2.34. The highest BCUT2D eigenvalue weighted by molar-refractivity contribution is 7.85. The van der Waals surface area contributed by atoms with Crippen molar-refractivity contribution >= 4 is 10.8 Å². The number of halogens is 1. The Morgan fingerprint density at radius 1 is 1.10 bits per heavy atom. The third kappa shape index (κ3) is 3.57. The van der Waals surface area contributed by atoms with E-state index < -0.39 is 16.6 Å². The smallest absolute Gasteiger partial charge is 0.139 e. The third-order valence-electron chi connectivity index (χ3n) is 3.57. The quantitative estimate of drug-likeness (QED) is 0.882. The highest BCUT2D eigenvalue weighted by Crippen LogP contribution is 2.27. The molecule has 0 aliphatic heterocycles. The lowest BCUT2D eigenvalue weighted by Gasteiger charge is -2.26. The van der Waals surface area contributed by atoms with Crippen LogP contribution >= 0.6 is 0 Å². The molecule has 2 rings (SSSR count). The van der Waals surface area contributed by atoms with E-state index in [-0.39, 0.29) is 16.2 Å². The van der Waals surface area contributed by atoms with Gasteiger partial charge in [-0.25, -0.2) is 4.39 Å². The van der Waals surface area contributed by atoms with Crippen molar-refractivity contribution in [3.63, 3.8) is 0 Å². The van der Waals surface area contributed by atoms with Crippen LogP contribution in [0.1, 0.15) is 24.9 Å². The van der Waals surface area contributed by atoms with Gasteiger partial charge in [-0.15, -0.1) is 0 Å². The summed E-state index contributed by atoms with van der Waals surface area (Å²) in [5, 5.41) is 3.04. The van der Waals surface area contributed by atoms with E-state index in [4.69, 9.17) is 0 Å². The fourth-order valence-corrected chi connectivity index (χ4v) is 4.15. The Bertz CT molecular complexity index is 603. The first-order chi connectivity index (χ1) is 10.2. The van der Waals surface area contributed by atoms with Crippen LogP contribution < -0.4 is 5.32 Å². The molecular formula is C17H20FNOS. The number of hydrogen-bond donors (Lipinski definition) is 1. The Hall–Kier alpha value is -1.52. The Kier molecular flexibility index (Phi) is 5.65. The van der Waals surface area contributed by atoms with Gasteiger partial charge in [-0.3, -0.25) is 4.21 Å². The molecule has 4 heteroatoms. The van der Waals surface area contributed by atoms with Gasteiger partial charge in [0.15, 0.2) is 0 Å². The second kappa shape index (κ2) is 7.48. The van der Waals surface area contributed by atoms with E-state index in [1.165, 1.54) is 6.07 Å². The van der Waals surface area contributed by atoms with Crippen LogP contribution in [0.3, 0.4) is 0 Å². The second-order valence-electron chi connectivity index (χ2n) is 4.85. The molecule has 2 aromatic carbocycles. The lowest BCUT2D eigenvalue weighted by atomic mass is 10.0. The average Bonchev–Trinajstić information content (AvgIpc) is 2.53. The van der Waals surface area contributed by atoms with Gasteiger partial charge in [0.05, 0.1) is 20.9 Å². The lowest BCUT2D eigenvalue weighted by molar-refractivity contribution is 0.533. The van der Waals surface area contributed by atoms with Crippen molar-refractivity contribution in [2.24, 2.45) is 0 Å². The molecule has 0 heterocycles. The standard InChI is InChI=1S/C17H20FNOS/c1-3-15(17(19-2)13-9-5-4-6-10-13)21(20)16-12-8-7-11-14(16)18/h4-12,15,17,19H,3H2,1-2H3. The molecule has 2 nitrogen and oxygen atoms in total. The topological polar surface area (TPSA) is 29.1 Å². The van der Waals surface area contributed by atoms with E-state index in [9.17, 15) is 8.60 Å². The molecule has 0 aromatic heterocycles. The minimum absolute atomic E-state index is 0.0726. The molecule has 1 N–H and O–H groups in total. The molecule has 0 aliphatic carbocycles. The van der Waals surface area contributed by atoms with Gasteiger partial charge in [0.2, 0.25) is 0 Å². The summed E-state index contributed by atoms with van der Waals surface area (Å²) in [6.45, 7) is 1.98. The molecule has 0 saturated carbocycles. The lowest BCUT2D eigenvalue weighted by Crippen LogP contribution is -2.32. The highest BCUT2D eigenvalue weighted by Gasteiger charge is 2.28. The SMILES string of the molecule is CCC(C(NC)c1ccccc1)S(=O)c1ccccc1F. The number of benzene rings is 2. The normalized spacial score (nSPS) is 15.4. The predicted molar refractivity (Wildman–Crippen MR) is 85.1 cm³/mol. The zero-order valence-electron chi connectivity index (χ0n) is 12.3. The molecule has 3 unspecified atom stereocenters. The van der Waals surface area contributed by atoms with Crippen LogP contribution in [0.25, 0.3) is 0 Å². The minimum Gasteiger partial charge on any atom is -0.312 e. The van der Waals surface area contributed by atoms with Crippen LogP contribution in [0.5, 0.6) is 0 Å². The Morgan fingerprint density at radius 3 is 2.29 bits per heavy atom. The van der Waals surface area contributed by atoms with Crippen LogP contribution in [0.15, 0.2) is 59.5 Å². The van der Waals surface area contributed by atoms with Crippen molar-refractivity contribution in [1.82, 2.24) is 5.32 Å².